The maximum Gasteiger partial charge on any atom is 0.345 e. The monoisotopic (exact) mass is 2110 g/mol. The summed E-state index contributed by atoms with van der Waals surface area (Å²) < 4.78 is 200. The Labute approximate surface area is 808 Å². The van der Waals surface area contributed by atoms with E-state index in [0.717, 1.165) is 4.57 Å². The molecule has 0 bridgehead atoms. The van der Waals surface area contributed by atoms with Gasteiger partial charge >= 0.3 is 49.7 Å². The molecule has 0 aliphatic carbocycles. The van der Waals surface area contributed by atoms with Crippen molar-refractivity contribution in [2.45, 2.75) is 94.8 Å². The van der Waals surface area contributed by atoms with Crippen molar-refractivity contribution >= 4 is 114 Å². The van der Waals surface area contributed by atoms with Crippen LogP contribution in [0.2, 0.25) is 0 Å². The van der Waals surface area contributed by atoms with Gasteiger partial charge in [0.05, 0.1) is 134 Å². The Kier molecular flexibility index (Phi) is 31.0. The summed E-state index contributed by atoms with van der Waals surface area (Å²) in [6.07, 6.45) is -4.70. The van der Waals surface area contributed by atoms with Crippen molar-refractivity contribution < 1.29 is 83.0 Å². The number of rotatable bonds is 36. The smallest absolute Gasteiger partial charge is 0.345 e. The summed E-state index contributed by atoms with van der Waals surface area (Å²) in [4.78, 5) is 146. The van der Waals surface area contributed by atoms with Crippen LogP contribution in [0.4, 0.5) is 23.7 Å². The Hall–Kier alpha value is -9.42. The topological polar surface area (TPSA) is 700 Å². The third-order valence-corrected chi connectivity index (χ3v) is 39.7. The summed E-state index contributed by atoms with van der Waals surface area (Å²) in [7, 11) is -7.37. The van der Waals surface area contributed by atoms with E-state index in [1.807, 2.05) is 11.8 Å². The highest BCUT2D eigenvalue weighted by Crippen LogP contribution is 2.62. The Balaban J connectivity index is 0.684. The Morgan fingerprint density at radius 2 is 0.606 bits per heavy atom. The third-order valence-electron chi connectivity index (χ3n) is 24.9. The van der Waals surface area contributed by atoms with Crippen LogP contribution in [0.15, 0.2) is 77.6 Å². The number of hydrogen-bond acceptors (Lipinski definition) is 39. The highest BCUT2D eigenvalue weighted by atomic mass is 31.2. The highest BCUT2D eigenvalue weighted by Gasteiger charge is 2.53. The van der Waals surface area contributed by atoms with Gasteiger partial charge in [0, 0.05) is 76.0 Å². The molecule has 6 aliphatic rings. The van der Waals surface area contributed by atoms with Gasteiger partial charge in [-0.1, -0.05) is 6.92 Å². The second-order valence-electron chi connectivity index (χ2n) is 36.0. The van der Waals surface area contributed by atoms with Crippen LogP contribution in [0, 0.1) is 13.8 Å². The van der Waals surface area contributed by atoms with Gasteiger partial charge in [0.1, 0.15) is 36.8 Å². The van der Waals surface area contributed by atoms with Crippen LogP contribution in [0.5, 0.6) is 0 Å². The normalized spacial score (nSPS) is 25.9. The van der Waals surface area contributed by atoms with Crippen LogP contribution in [0.25, 0.3) is 44.7 Å². The van der Waals surface area contributed by atoms with Crippen molar-refractivity contribution in [2.75, 3.05) is 239 Å². The molecule has 6 saturated heterocycles. The maximum absolute atomic E-state index is 16.8. The molecule has 13 N–H and O–H groups in total. The number of H-pyrrole nitrogens is 5. The Morgan fingerprint density at radius 3 is 0.894 bits per heavy atom. The van der Waals surface area contributed by atoms with E-state index in [0.29, 0.717) is 6.54 Å². The number of likely N-dealkylation sites (N-methyl/N-ethyl adjacent to an activating group) is 1. The Bertz CT molecular complexity index is 7100. The molecule has 6 aliphatic heterocycles. The maximum atomic E-state index is 16.8. The number of ether oxygens (including phenoxy) is 6. The molecule has 18 unspecified atom stereocenters. The van der Waals surface area contributed by atoms with Gasteiger partial charge in [0.25, 0.3) is 35.3 Å². The van der Waals surface area contributed by atoms with Gasteiger partial charge in [0.2, 0.25) is 17.8 Å². The molecule has 10 aromatic heterocycles. The minimum absolute atomic E-state index is 0.0122. The lowest BCUT2D eigenvalue weighted by atomic mass is 10.2. The van der Waals surface area contributed by atoms with E-state index in [4.69, 9.17) is 78.5 Å². The van der Waals surface area contributed by atoms with Crippen LogP contribution in [0.1, 0.15) is 55.4 Å². The highest BCUT2D eigenvalue weighted by molar-refractivity contribution is 7.56. The lowest BCUT2D eigenvalue weighted by Gasteiger charge is -2.46. The molecular weight excluding hydrogens is 1990 g/mol. The number of aromatic amines is 5. The number of hydrogen-bond donors (Lipinski definition) is 9. The van der Waals surface area contributed by atoms with Gasteiger partial charge in [0.15, 0.2) is 57.4 Å². The fourth-order valence-electron chi connectivity index (χ4n) is 17.3. The second-order valence-corrected chi connectivity index (χ2v) is 51.7. The number of aromatic nitrogens is 20. The summed E-state index contributed by atoms with van der Waals surface area (Å²) >= 11 is 0. The quantitative estimate of drug-likeness (QED) is 0.0220. The van der Waals surface area contributed by atoms with E-state index in [1.165, 1.54) is 202 Å². The molecule has 6 fully saturated rings. The molecule has 18 atom stereocenters. The summed E-state index contributed by atoms with van der Waals surface area (Å²) in [6.45, 7) is 1.79. The first-order valence-electron chi connectivity index (χ1n) is 44.8. The number of morpholine rings is 6. The van der Waals surface area contributed by atoms with Gasteiger partial charge in [-0.05, 0) is 105 Å². The lowest BCUT2D eigenvalue weighted by Crippen LogP contribution is -2.51. The molecule has 61 nitrogen and oxygen atoms in total. The molecule has 0 radical (unpaired) electrons. The van der Waals surface area contributed by atoms with Crippen molar-refractivity contribution in [3.05, 3.63) is 128 Å². The van der Waals surface area contributed by atoms with Gasteiger partial charge in [-0.25, -0.2) is 90.9 Å². The summed E-state index contributed by atoms with van der Waals surface area (Å²) in [5, 5.41) is 0. The molecule has 67 heteroatoms. The van der Waals surface area contributed by atoms with Gasteiger partial charge < -0.3 is 78.5 Å². The number of nitrogen functional groups attached to an aromatic ring is 4. The van der Waals surface area contributed by atoms with E-state index in [9.17, 15) is 38.1 Å². The molecule has 0 saturated carbocycles. The van der Waals surface area contributed by atoms with Crippen LogP contribution < -0.4 is 62.1 Å². The summed E-state index contributed by atoms with van der Waals surface area (Å²) in [6, 6.07) is 0. The van der Waals surface area contributed by atoms with Crippen molar-refractivity contribution in [3.63, 3.8) is 0 Å². The van der Waals surface area contributed by atoms with Crippen LogP contribution in [-0.2, 0) is 83.0 Å². The number of aryl methyl sites for hydroxylation is 2. The summed E-state index contributed by atoms with van der Waals surface area (Å²) in [5.74, 6) is -0.774. The Morgan fingerprint density at radius 1 is 0.338 bits per heavy atom. The molecular formula is C75H118N36O25P6. The zero-order chi connectivity index (χ0) is 102. The van der Waals surface area contributed by atoms with Crippen LogP contribution in [0.3, 0.4) is 0 Å². The van der Waals surface area contributed by atoms with E-state index < -0.39 is 185 Å². The lowest BCUT2D eigenvalue weighted by molar-refractivity contribution is -0.137. The van der Waals surface area contributed by atoms with Gasteiger partial charge in [-0.3, -0.25) is 109 Å². The fraction of sp³-hybridized carbons (Fsp3) is 0.627. The number of fused-ring (bicyclic) bond motifs is 4. The average molecular weight is 2110 g/mol. The number of nitrogens with two attached hydrogens (primary N) is 4. The molecule has 0 aromatic carbocycles. The molecule has 0 amide bonds. The van der Waals surface area contributed by atoms with Crippen LogP contribution >= 0.6 is 45.9 Å². The first kappa shape index (κ1) is 105. The molecule has 0 spiro atoms. The number of anilines is 4. The van der Waals surface area contributed by atoms with Crippen molar-refractivity contribution in [3.8, 4) is 0 Å². The van der Waals surface area contributed by atoms with Crippen molar-refractivity contribution in [1.29, 1.82) is 0 Å². The third kappa shape index (κ3) is 21.3. The predicted octanol–water partition coefficient (Wildman–Crippen LogP) is -0.679. The first-order chi connectivity index (χ1) is 67.1. The van der Waals surface area contributed by atoms with Crippen molar-refractivity contribution in [1.82, 2.24) is 153 Å². The second kappa shape index (κ2) is 41.8. The largest absolute Gasteiger partial charge is 0.382 e. The van der Waals surface area contributed by atoms with E-state index in [-0.39, 0.29) is 171 Å². The number of nitrogens with one attached hydrogen (secondary N) is 5. The van der Waals surface area contributed by atoms with E-state index >= 15 is 22.8 Å². The molecule has 10 aromatic rings. The number of imidazole rings is 4. The van der Waals surface area contributed by atoms with E-state index in [2.05, 4.69) is 69.8 Å². The zero-order valence-electron chi connectivity index (χ0n) is 80.7. The zero-order valence-corrected chi connectivity index (χ0v) is 86.0. The summed E-state index contributed by atoms with van der Waals surface area (Å²) in [5.41, 5.74) is 20.3. The first-order valence-corrected chi connectivity index (χ1v) is 54.4. The molecule has 142 heavy (non-hydrogen) atoms. The van der Waals surface area contributed by atoms with Crippen LogP contribution in [-0.4, -0.2) is 406 Å². The van der Waals surface area contributed by atoms with Gasteiger partial charge in [-0.15, -0.1) is 0 Å². The SMILES string of the molecule is CCN1CC(COP(=O)(N(C)C)N2CC(COP(=O)(N(C)C)N3CC(COP(=O)(N(C)C)N4CC(COP(=O)(N(C)C)N5CC(COP(=O)(N(C)C)N6CC(COP(C)(=O)N(C)C)OC(n7cnc8c(=O)[nH]c(N)nc87)C6)OC(n6cnc7c(=O)[nH]c(N)nc76)C5)OC(n5cnc6c(N)ncnc65)C4)OC(n4cnc5c(=O)[nH]c(N)nc54)C3)OC(n3cc(C)c(=O)[nH]c3=O)C2)OC(n2cc(C)c(=O)[nH]c2=O)C1. The average Bonchev–Trinajstić information content (AvgIpc) is 1.46. The minimum atomic E-state index is -4.54. The predicted molar refractivity (Wildman–Crippen MR) is 512 cm³/mol. The molecule has 16 heterocycles. The standard InChI is InChI=1S/C75H118N36O25P6/c1-17-100-20-45(131-51(26-100)106-18-43(2)66(112)92-74(106)117)33-126-138(120,95(6)7)101-22-47(132-52(27-101)107-19-44(3)67(113)93-75(107)118)34-127-141(123,98(12)13)104-24-50(136-55(30-104)110-41-84-59-64(110)87-72(78)90-69(59)115)37-130-140(122,97(10)11)103-23-48(134-53(28-103)108-39-82-57-61(76)80-38-81-62(57)108)35-128-142(124,99(14)15)105-25-49(135-56(31-105)111-42-85-60-65(111)88-73(79)91-70(60)116)36-129-139(121,96(8)9)102-21-46(32-125-137(16,119)94(4)5)133-54(29-102)109-40-83-58-63(109)86-71(77)89-68(58)114/h18-19,38-42,45-56H,17,20-37H2,1-16H3,(H2,76,80,81)(H,92,112,117)(H,93,113,118)(H3,77,86,89,114)(H3,78,87,90,115)(H3,79,88,91,116). The number of nitrogens with zero attached hydrogens (tertiary/aromatic N) is 27. The minimum Gasteiger partial charge on any atom is -0.382 e. The molecule has 778 valence electrons. The van der Waals surface area contributed by atoms with E-state index in [1.54, 1.807) is 21.0 Å². The van der Waals surface area contributed by atoms with Crippen molar-refractivity contribution in [2.24, 2.45) is 0 Å². The molecule has 16 rings (SSSR count). The van der Waals surface area contributed by atoms with Gasteiger partial charge in [-0.2, -0.15) is 15.0 Å². The fourth-order valence-corrected chi connectivity index (χ4v) is 27.9.